The van der Waals surface area contributed by atoms with Crippen LogP contribution in [0.4, 0.5) is 0 Å². The zero-order valence-electron chi connectivity index (χ0n) is 13.5. The molecule has 0 spiro atoms. The minimum atomic E-state index is 0.208. The minimum Gasteiger partial charge on any atom is -0.308 e. The van der Waals surface area contributed by atoms with Crippen molar-refractivity contribution in [1.29, 1.82) is 0 Å². The van der Waals surface area contributed by atoms with E-state index >= 15 is 0 Å². The van der Waals surface area contributed by atoms with Gasteiger partial charge in [-0.3, -0.25) is 9.69 Å². The molecule has 0 saturated carbocycles. The lowest BCUT2D eigenvalue weighted by Gasteiger charge is -2.29. The van der Waals surface area contributed by atoms with Gasteiger partial charge >= 0.3 is 0 Å². The molecule has 0 aromatic heterocycles. The number of nitrogens with zero attached hydrogens (tertiary/aromatic N) is 2. The highest BCUT2D eigenvalue weighted by Gasteiger charge is 2.17. The number of likely N-dealkylation sites (N-methyl/N-ethyl adjacent to an activating group) is 2. The third kappa shape index (κ3) is 5.06. The van der Waals surface area contributed by atoms with Crippen molar-refractivity contribution in [2.45, 2.75) is 33.2 Å². The second-order valence-electron chi connectivity index (χ2n) is 5.65. The average molecular weight is 276 g/mol. The predicted molar refractivity (Wildman–Crippen MR) is 85.4 cm³/mol. The van der Waals surface area contributed by atoms with Gasteiger partial charge in [-0.25, -0.2) is 0 Å². The number of rotatable bonds is 8. The molecule has 0 aliphatic rings. The van der Waals surface area contributed by atoms with Crippen LogP contribution in [0.1, 0.15) is 36.7 Å². The van der Waals surface area contributed by atoms with Gasteiger partial charge in [0.1, 0.15) is 0 Å². The van der Waals surface area contributed by atoms with Crippen LogP contribution in [0.2, 0.25) is 0 Å². The molecule has 3 heteroatoms. The number of carbonyl (C=O) groups is 1. The Morgan fingerprint density at radius 3 is 2.20 bits per heavy atom. The second kappa shape index (κ2) is 8.18. The topological polar surface area (TPSA) is 23.6 Å². The smallest absolute Gasteiger partial charge is 0.176 e. The Hall–Kier alpha value is -1.19. The van der Waals surface area contributed by atoms with Crippen molar-refractivity contribution in [2.75, 3.05) is 33.7 Å². The Balaban J connectivity index is 2.66. The van der Waals surface area contributed by atoms with Crippen LogP contribution in [0.3, 0.4) is 0 Å². The van der Waals surface area contributed by atoms with Gasteiger partial charge in [0.15, 0.2) is 5.78 Å². The molecule has 1 unspecified atom stereocenters. The molecule has 0 saturated heterocycles. The van der Waals surface area contributed by atoms with Gasteiger partial charge < -0.3 is 4.90 Å². The van der Waals surface area contributed by atoms with Crippen molar-refractivity contribution in [3.8, 4) is 0 Å². The Kier molecular flexibility index (Phi) is 6.89. The third-order valence-electron chi connectivity index (χ3n) is 3.69. The Morgan fingerprint density at radius 1 is 1.15 bits per heavy atom. The molecule has 0 radical (unpaired) electrons. The van der Waals surface area contributed by atoms with Gasteiger partial charge in [0, 0.05) is 18.2 Å². The van der Waals surface area contributed by atoms with Crippen LogP contribution in [0.15, 0.2) is 24.3 Å². The molecule has 3 nitrogen and oxygen atoms in total. The van der Waals surface area contributed by atoms with Gasteiger partial charge in [-0.15, -0.1) is 0 Å². The fraction of sp³-hybridized carbons (Fsp3) is 0.588. The van der Waals surface area contributed by atoms with Crippen molar-refractivity contribution in [3.63, 3.8) is 0 Å². The number of Topliss-reactive ketones (excluding diaryl/α,β-unsaturated/α-hetero) is 1. The average Bonchev–Trinajstić information content (AvgIpc) is 2.43. The zero-order chi connectivity index (χ0) is 15.1. The Bertz CT molecular complexity index is 412. The van der Waals surface area contributed by atoms with E-state index in [0.29, 0.717) is 12.6 Å². The summed E-state index contributed by atoms with van der Waals surface area (Å²) in [4.78, 5) is 16.7. The first-order chi connectivity index (χ1) is 9.47. The van der Waals surface area contributed by atoms with E-state index in [1.54, 1.807) is 0 Å². The molecule has 112 valence electrons. The molecule has 0 fully saturated rings. The normalized spacial score (nSPS) is 12.9. The fourth-order valence-corrected chi connectivity index (χ4v) is 2.43. The molecule has 0 amide bonds. The molecule has 1 rings (SSSR count). The maximum Gasteiger partial charge on any atom is 0.176 e. The summed E-state index contributed by atoms with van der Waals surface area (Å²) >= 11 is 0. The quantitative estimate of drug-likeness (QED) is 0.682. The molecule has 0 aliphatic carbocycles. The molecule has 1 aromatic carbocycles. The summed E-state index contributed by atoms with van der Waals surface area (Å²) < 4.78 is 0. The third-order valence-corrected chi connectivity index (χ3v) is 3.69. The molecule has 0 bridgehead atoms. The highest BCUT2D eigenvalue weighted by atomic mass is 16.1. The summed E-state index contributed by atoms with van der Waals surface area (Å²) in [5, 5.41) is 0. The molecule has 0 aliphatic heterocycles. The summed E-state index contributed by atoms with van der Waals surface area (Å²) in [7, 11) is 4.13. The Labute approximate surface area is 123 Å². The SMILES string of the molecule is CCc1ccc(C(=O)CN(CC)C(C)CN(C)C)cc1. The molecule has 20 heavy (non-hydrogen) atoms. The van der Waals surface area contributed by atoms with Crippen LogP contribution in [-0.4, -0.2) is 55.4 Å². The van der Waals surface area contributed by atoms with E-state index in [9.17, 15) is 4.79 Å². The lowest BCUT2D eigenvalue weighted by atomic mass is 10.1. The van der Waals surface area contributed by atoms with Crippen molar-refractivity contribution < 1.29 is 4.79 Å². The maximum atomic E-state index is 12.3. The molecular weight excluding hydrogens is 248 g/mol. The second-order valence-corrected chi connectivity index (χ2v) is 5.65. The van der Waals surface area contributed by atoms with E-state index in [0.717, 1.165) is 25.1 Å². The summed E-state index contributed by atoms with van der Waals surface area (Å²) in [6.45, 7) is 8.77. The van der Waals surface area contributed by atoms with E-state index in [-0.39, 0.29) is 5.78 Å². The Morgan fingerprint density at radius 2 is 1.75 bits per heavy atom. The summed E-state index contributed by atoms with van der Waals surface area (Å²) in [5.41, 5.74) is 2.09. The molecule has 1 atom stereocenters. The lowest BCUT2D eigenvalue weighted by Crippen LogP contribution is -2.42. The maximum absolute atomic E-state index is 12.3. The standard InChI is InChI=1S/C17H28N2O/c1-6-15-8-10-16(11-9-15)17(20)13-19(7-2)14(3)12-18(4)5/h8-11,14H,6-7,12-13H2,1-5H3. The van der Waals surface area contributed by atoms with Gasteiger partial charge in [0.05, 0.1) is 6.54 Å². The van der Waals surface area contributed by atoms with Crippen LogP contribution in [0.25, 0.3) is 0 Å². The van der Waals surface area contributed by atoms with Crippen molar-refractivity contribution in [3.05, 3.63) is 35.4 Å². The van der Waals surface area contributed by atoms with Crippen LogP contribution < -0.4 is 0 Å². The number of hydrogen-bond donors (Lipinski definition) is 0. The van der Waals surface area contributed by atoms with Crippen LogP contribution in [-0.2, 0) is 6.42 Å². The number of hydrogen-bond acceptors (Lipinski definition) is 3. The van der Waals surface area contributed by atoms with Crippen LogP contribution >= 0.6 is 0 Å². The summed E-state index contributed by atoms with van der Waals surface area (Å²) in [6.07, 6.45) is 1.01. The molecule has 1 aromatic rings. The largest absolute Gasteiger partial charge is 0.308 e. The van der Waals surface area contributed by atoms with E-state index in [4.69, 9.17) is 0 Å². The first-order valence-electron chi connectivity index (χ1n) is 7.48. The van der Waals surface area contributed by atoms with Crippen molar-refractivity contribution >= 4 is 5.78 Å². The van der Waals surface area contributed by atoms with Gasteiger partial charge in [-0.05, 0) is 39.5 Å². The van der Waals surface area contributed by atoms with Gasteiger partial charge in [-0.1, -0.05) is 38.1 Å². The van der Waals surface area contributed by atoms with E-state index in [1.165, 1.54) is 5.56 Å². The summed E-state index contributed by atoms with van der Waals surface area (Å²) in [6, 6.07) is 8.38. The lowest BCUT2D eigenvalue weighted by molar-refractivity contribution is 0.0888. The van der Waals surface area contributed by atoms with Crippen molar-refractivity contribution in [2.24, 2.45) is 0 Å². The number of aryl methyl sites for hydroxylation is 1. The monoisotopic (exact) mass is 276 g/mol. The summed E-state index contributed by atoms with van der Waals surface area (Å²) in [5.74, 6) is 0.208. The van der Waals surface area contributed by atoms with E-state index in [1.807, 2.05) is 24.3 Å². The van der Waals surface area contributed by atoms with E-state index in [2.05, 4.69) is 44.7 Å². The number of carbonyl (C=O) groups excluding carboxylic acids is 1. The van der Waals surface area contributed by atoms with Crippen LogP contribution in [0, 0.1) is 0 Å². The molecule has 0 N–H and O–H groups in total. The van der Waals surface area contributed by atoms with Gasteiger partial charge in [0.2, 0.25) is 0 Å². The van der Waals surface area contributed by atoms with Gasteiger partial charge in [-0.2, -0.15) is 0 Å². The minimum absolute atomic E-state index is 0.208. The number of ketones is 1. The molecule has 0 heterocycles. The highest BCUT2D eigenvalue weighted by molar-refractivity contribution is 5.97. The van der Waals surface area contributed by atoms with E-state index < -0.39 is 0 Å². The van der Waals surface area contributed by atoms with Gasteiger partial charge in [0.25, 0.3) is 0 Å². The van der Waals surface area contributed by atoms with Crippen molar-refractivity contribution in [1.82, 2.24) is 9.80 Å². The molecular formula is C17H28N2O. The van der Waals surface area contributed by atoms with Crippen LogP contribution in [0.5, 0.6) is 0 Å². The first-order valence-corrected chi connectivity index (χ1v) is 7.48. The zero-order valence-corrected chi connectivity index (χ0v) is 13.5. The fourth-order valence-electron chi connectivity index (χ4n) is 2.43. The predicted octanol–water partition coefficient (Wildman–Crippen LogP) is 2.70. The highest BCUT2D eigenvalue weighted by Crippen LogP contribution is 2.08. The number of benzene rings is 1. The first kappa shape index (κ1) is 16.9.